The summed E-state index contributed by atoms with van der Waals surface area (Å²) in [4.78, 5) is 11.5. The molecular formula is C12H17ClN2O3S. The van der Waals surface area contributed by atoms with Gasteiger partial charge in [0.05, 0.1) is 15.6 Å². The zero-order chi connectivity index (χ0) is 14.5. The summed E-state index contributed by atoms with van der Waals surface area (Å²) in [5.41, 5.74) is 5.81. The van der Waals surface area contributed by atoms with Crippen LogP contribution in [0.5, 0.6) is 0 Å². The standard InChI is InChI=1S/C12H17ClN2O3S/c1-2-3-6-15-12(16)8-19(17,18)9-4-5-11(14)10(13)7-9/h4-5,7H,2-3,6,8,14H2,1H3,(H,15,16). The number of unbranched alkanes of at least 4 members (excludes halogenated alkanes) is 1. The number of benzene rings is 1. The van der Waals surface area contributed by atoms with Gasteiger partial charge in [-0.05, 0) is 24.6 Å². The predicted octanol–water partition coefficient (Wildman–Crippen LogP) is 1.61. The molecular weight excluding hydrogens is 288 g/mol. The fourth-order valence-corrected chi connectivity index (χ4v) is 2.84. The number of rotatable bonds is 6. The first kappa shape index (κ1) is 15.8. The van der Waals surface area contributed by atoms with Crippen LogP contribution in [0, 0.1) is 0 Å². The van der Waals surface area contributed by atoms with Gasteiger partial charge in [0.1, 0.15) is 5.75 Å². The van der Waals surface area contributed by atoms with E-state index in [1.54, 1.807) is 0 Å². The first-order valence-electron chi connectivity index (χ1n) is 5.91. The number of nitrogens with one attached hydrogen (secondary N) is 1. The number of nitrogen functional groups attached to an aromatic ring is 1. The Labute approximate surface area is 118 Å². The van der Waals surface area contributed by atoms with Gasteiger partial charge >= 0.3 is 0 Å². The molecule has 0 aliphatic heterocycles. The van der Waals surface area contributed by atoms with Crippen molar-refractivity contribution >= 4 is 33.0 Å². The Hall–Kier alpha value is -1.27. The van der Waals surface area contributed by atoms with Crippen molar-refractivity contribution in [1.82, 2.24) is 5.32 Å². The van der Waals surface area contributed by atoms with Crippen molar-refractivity contribution in [2.24, 2.45) is 0 Å². The average Bonchev–Trinajstić information content (AvgIpc) is 2.32. The first-order chi connectivity index (χ1) is 8.86. The average molecular weight is 305 g/mol. The lowest BCUT2D eigenvalue weighted by Gasteiger charge is -2.07. The SMILES string of the molecule is CCCCNC(=O)CS(=O)(=O)c1ccc(N)c(Cl)c1. The number of carbonyl (C=O) groups excluding carboxylic acids is 1. The molecule has 0 aromatic heterocycles. The number of amides is 1. The molecule has 1 rings (SSSR count). The summed E-state index contributed by atoms with van der Waals surface area (Å²) in [7, 11) is -3.69. The molecule has 0 aliphatic rings. The van der Waals surface area contributed by atoms with Crippen molar-refractivity contribution in [3.05, 3.63) is 23.2 Å². The van der Waals surface area contributed by atoms with Crippen LogP contribution >= 0.6 is 11.6 Å². The summed E-state index contributed by atoms with van der Waals surface area (Å²) in [6.45, 7) is 2.46. The molecule has 0 saturated carbocycles. The van der Waals surface area contributed by atoms with Crippen molar-refractivity contribution < 1.29 is 13.2 Å². The van der Waals surface area contributed by atoms with Crippen LogP contribution in [0.2, 0.25) is 5.02 Å². The number of carbonyl (C=O) groups is 1. The normalized spacial score (nSPS) is 11.3. The second-order valence-corrected chi connectivity index (χ2v) is 6.54. The van der Waals surface area contributed by atoms with Gasteiger partial charge < -0.3 is 11.1 Å². The second kappa shape index (κ2) is 6.77. The Kier molecular flexibility index (Phi) is 5.62. The van der Waals surface area contributed by atoms with E-state index in [0.29, 0.717) is 12.2 Å². The Morgan fingerprint density at radius 3 is 2.68 bits per heavy atom. The highest BCUT2D eigenvalue weighted by Crippen LogP contribution is 2.23. The van der Waals surface area contributed by atoms with E-state index in [4.69, 9.17) is 17.3 Å². The molecule has 0 heterocycles. The molecule has 1 amide bonds. The quantitative estimate of drug-likeness (QED) is 0.617. The van der Waals surface area contributed by atoms with Crippen molar-refractivity contribution in [2.75, 3.05) is 18.0 Å². The summed E-state index contributed by atoms with van der Waals surface area (Å²) in [6, 6.07) is 4.01. The molecule has 0 bridgehead atoms. The summed E-state index contributed by atoms with van der Waals surface area (Å²) in [5, 5.41) is 2.72. The van der Waals surface area contributed by atoms with Gasteiger partial charge in [-0.2, -0.15) is 0 Å². The molecule has 7 heteroatoms. The molecule has 5 nitrogen and oxygen atoms in total. The minimum atomic E-state index is -3.69. The highest BCUT2D eigenvalue weighted by molar-refractivity contribution is 7.92. The minimum Gasteiger partial charge on any atom is -0.398 e. The van der Waals surface area contributed by atoms with Gasteiger partial charge in [0.2, 0.25) is 5.91 Å². The fraction of sp³-hybridized carbons (Fsp3) is 0.417. The molecule has 0 atom stereocenters. The smallest absolute Gasteiger partial charge is 0.235 e. The predicted molar refractivity (Wildman–Crippen MR) is 75.8 cm³/mol. The van der Waals surface area contributed by atoms with Crippen molar-refractivity contribution in [3.63, 3.8) is 0 Å². The third-order valence-corrected chi connectivity index (χ3v) is 4.45. The van der Waals surface area contributed by atoms with Gasteiger partial charge in [-0.15, -0.1) is 0 Å². The third-order valence-electron chi connectivity index (χ3n) is 2.50. The molecule has 1 aromatic carbocycles. The molecule has 0 radical (unpaired) electrons. The molecule has 106 valence electrons. The van der Waals surface area contributed by atoms with Crippen LogP contribution < -0.4 is 11.1 Å². The molecule has 3 N–H and O–H groups in total. The van der Waals surface area contributed by atoms with E-state index in [-0.39, 0.29) is 9.92 Å². The van der Waals surface area contributed by atoms with E-state index in [1.807, 2.05) is 6.92 Å². The van der Waals surface area contributed by atoms with Crippen molar-refractivity contribution in [3.8, 4) is 0 Å². The largest absolute Gasteiger partial charge is 0.398 e. The Bertz CT molecular complexity index is 558. The van der Waals surface area contributed by atoms with E-state index in [1.165, 1.54) is 18.2 Å². The van der Waals surface area contributed by atoms with E-state index in [0.717, 1.165) is 12.8 Å². The van der Waals surface area contributed by atoms with Crippen LogP contribution in [0.15, 0.2) is 23.1 Å². The van der Waals surface area contributed by atoms with Crippen LogP contribution in [0.25, 0.3) is 0 Å². The number of hydrogen-bond acceptors (Lipinski definition) is 4. The van der Waals surface area contributed by atoms with Crippen molar-refractivity contribution in [1.29, 1.82) is 0 Å². The lowest BCUT2D eigenvalue weighted by Crippen LogP contribution is -2.31. The maximum absolute atomic E-state index is 12.0. The topological polar surface area (TPSA) is 89.3 Å². The zero-order valence-electron chi connectivity index (χ0n) is 10.6. The van der Waals surface area contributed by atoms with Gasteiger partial charge in [-0.25, -0.2) is 8.42 Å². The Morgan fingerprint density at radius 2 is 2.11 bits per heavy atom. The maximum Gasteiger partial charge on any atom is 0.235 e. The molecule has 0 aliphatic carbocycles. The zero-order valence-corrected chi connectivity index (χ0v) is 12.2. The summed E-state index contributed by atoms with van der Waals surface area (Å²) >= 11 is 5.77. The van der Waals surface area contributed by atoms with Crippen LogP contribution in [-0.4, -0.2) is 26.6 Å². The van der Waals surface area contributed by atoms with Crippen molar-refractivity contribution in [2.45, 2.75) is 24.7 Å². The molecule has 0 spiro atoms. The summed E-state index contributed by atoms with van der Waals surface area (Å²) < 4.78 is 24.0. The lowest BCUT2D eigenvalue weighted by atomic mass is 10.3. The minimum absolute atomic E-state index is 0.00246. The molecule has 0 saturated heterocycles. The van der Waals surface area contributed by atoms with Gasteiger partial charge in [0, 0.05) is 6.54 Å². The molecule has 19 heavy (non-hydrogen) atoms. The van der Waals surface area contributed by atoms with Gasteiger partial charge in [-0.3, -0.25) is 4.79 Å². The first-order valence-corrected chi connectivity index (χ1v) is 7.94. The number of halogens is 1. The molecule has 1 aromatic rings. The molecule has 0 unspecified atom stereocenters. The van der Waals surface area contributed by atoms with Crippen LogP contribution in [0.1, 0.15) is 19.8 Å². The summed E-state index contributed by atoms with van der Waals surface area (Å²) in [5.74, 6) is -1.10. The maximum atomic E-state index is 12.0. The summed E-state index contributed by atoms with van der Waals surface area (Å²) in [6.07, 6.45) is 1.75. The van der Waals surface area contributed by atoms with E-state index in [9.17, 15) is 13.2 Å². The fourth-order valence-electron chi connectivity index (χ4n) is 1.41. The Morgan fingerprint density at radius 1 is 1.42 bits per heavy atom. The highest BCUT2D eigenvalue weighted by Gasteiger charge is 2.19. The van der Waals surface area contributed by atoms with Crippen LogP contribution in [0.4, 0.5) is 5.69 Å². The van der Waals surface area contributed by atoms with Crippen LogP contribution in [0.3, 0.4) is 0 Å². The number of nitrogens with two attached hydrogens (primary N) is 1. The second-order valence-electron chi connectivity index (χ2n) is 4.15. The van der Waals surface area contributed by atoms with Gasteiger partial charge in [0.15, 0.2) is 9.84 Å². The van der Waals surface area contributed by atoms with E-state index in [2.05, 4.69) is 5.32 Å². The van der Waals surface area contributed by atoms with Gasteiger partial charge in [-0.1, -0.05) is 24.9 Å². The number of anilines is 1. The van der Waals surface area contributed by atoms with Gasteiger partial charge in [0.25, 0.3) is 0 Å². The van der Waals surface area contributed by atoms with E-state index >= 15 is 0 Å². The highest BCUT2D eigenvalue weighted by atomic mass is 35.5. The molecule has 0 fully saturated rings. The van der Waals surface area contributed by atoms with Crippen LogP contribution in [-0.2, 0) is 14.6 Å². The number of hydrogen-bond donors (Lipinski definition) is 2. The Balaban J connectivity index is 2.75. The van der Waals surface area contributed by atoms with E-state index < -0.39 is 21.5 Å². The monoisotopic (exact) mass is 304 g/mol. The number of sulfone groups is 1. The lowest BCUT2D eigenvalue weighted by molar-refractivity contribution is -0.118. The third kappa shape index (κ3) is 4.72.